The van der Waals surface area contributed by atoms with Crippen molar-refractivity contribution in [2.75, 3.05) is 23.8 Å². The average molecular weight is 372 g/mol. The molecule has 0 saturated heterocycles. The van der Waals surface area contributed by atoms with Crippen LogP contribution in [0.1, 0.15) is 21.6 Å². The molecule has 0 unspecified atom stereocenters. The zero-order valence-corrected chi connectivity index (χ0v) is 15.7. The Morgan fingerprint density at radius 1 is 1.21 bits per heavy atom. The fraction of sp³-hybridized carbons (Fsp3) is 0.182. The maximum atomic E-state index is 13.2. The van der Waals surface area contributed by atoms with Crippen LogP contribution < -0.4 is 10.2 Å². The molecule has 3 heterocycles. The topological polar surface area (TPSA) is 69.9 Å². The van der Waals surface area contributed by atoms with Gasteiger partial charge in [0, 0.05) is 37.4 Å². The normalized spacial score (nSPS) is 13.3. The number of nitrogens with zero attached hydrogens (tertiary/aromatic N) is 3. The number of aryl methyl sites for hydroxylation is 1. The van der Waals surface area contributed by atoms with E-state index in [0.29, 0.717) is 12.2 Å². The molecule has 6 heteroatoms. The number of phenolic OH excluding ortho intramolecular Hbond substituents is 1. The summed E-state index contributed by atoms with van der Waals surface area (Å²) >= 11 is 0. The molecule has 0 atom stereocenters. The first-order chi connectivity index (χ1) is 13.6. The molecule has 1 aliphatic rings. The molecule has 0 saturated carbocycles. The summed E-state index contributed by atoms with van der Waals surface area (Å²) in [6.45, 7) is 2.62. The number of pyridine rings is 1. The maximum Gasteiger partial charge on any atom is 0.278 e. The van der Waals surface area contributed by atoms with Gasteiger partial charge in [0.1, 0.15) is 17.1 Å². The van der Waals surface area contributed by atoms with E-state index >= 15 is 0 Å². The molecule has 4 aromatic rings. The number of hydrogen-bond acceptors (Lipinski definition) is 4. The fourth-order valence-electron chi connectivity index (χ4n) is 4.13. The zero-order chi connectivity index (χ0) is 19.4. The lowest BCUT2D eigenvalue weighted by Gasteiger charge is -2.17. The van der Waals surface area contributed by atoms with Crippen LogP contribution in [0.5, 0.6) is 5.75 Å². The highest BCUT2D eigenvalue weighted by molar-refractivity contribution is 6.09. The number of aromatic hydroxyl groups is 1. The van der Waals surface area contributed by atoms with Crippen molar-refractivity contribution in [3.8, 4) is 5.75 Å². The Kier molecular flexibility index (Phi) is 3.55. The van der Waals surface area contributed by atoms with E-state index in [1.54, 1.807) is 17.2 Å². The summed E-state index contributed by atoms with van der Waals surface area (Å²) in [4.78, 5) is 19.4. The second-order valence-corrected chi connectivity index (χ2v) is 7.16. The Morgan fingerprint density at radius 2 is 2.07 bits per heavy atom. The largest absolute Gasteiger partial charge is 0.507 e. The van der Waals surface area contributed by atoms with Crippen molar-refractivity contribution in [1.82, 2.24) is 9.38 Å². The van der Waals surface area contributed by atoms with Crippen LogP contribution in [0.4, 0.5) is 11.4 Å². The van der Waals surface area contributed by atoms with Crippen LogP contribution in [0.3, 0.4) is 0 Å². The summed E-state index contributed by atoms with van der Waals surface area (Å²) in [6.07, 6.45) is 4.42. The molecule has 2 aromatic heterocycles. The molecule has 1 amide bonds. The molecule has 0 radical (unpaired) electrons. The predicted octanol–water partition coefficient (Wildman–Crippen LogP) is 3.75. The quantitative estimate of drug-likeness (QED) is 0.562. The smallest absolute Gasteiger partial charge is 0.278 e. The van der Waals surface area contributed by atoms with Gasteiger partial charge in [-0.15, -0.1) is 0 Å². The molecule has 28 heavy (non-hydrogen) atoms. The van der Waals surface area contributed by atoms with Gasteiger partial charge in [0.25, 0.3) is 5.91 Å². The van der Waals surface area contributed by atoms with E-state index in [1.165, 1.54) is 0 Å². The highest BCUT2D eigenvalue weighted by Gasteiger charge is 2.30. The first-order valence-corrected chi connectivity index (χ1v) is 9.29. The Hall–Kier alpha value is -3.54. The zero-order valence-electron chi connectivity index (χ0n) is 15.7. The number of imidazole rings is 1. The van der Waals surface area contributed by atoms with Crippen LogP contribution in [-0.2, 0) is 6.42 Å². The Morgan fingerprint density at radius 3 is 2.89 bits per heavy atom. The number of benzene rings is 2. The first-order valence-electron chi connectivity index (χ1n) is 9.29. The number of anilines is 2. The number of amides is 1. The molecule has 5 rings (SSSR count). The van der Waals surface area contributed by atoms with Crippen molar-refractivity contribution in [1.29, 1.82) is 0 Å². The van der Waals surface area contributed by atoms with Crippen molar-refractivity contribution in [2.24, 2.45) is 0 Å². The van der Waals surface area contributed by atoms with Crippen LogP contribution in [0.25, 0.3) is 16.4 Å². The summed E-state index contributed by atoms with van der Waals surface area (Å²) in [5, 5.41) is 15.5. The minimum Gasteiger partial charge on any atom is -0.507 e. The number of carbonyl (C=O) groups excluding carboxylic acids is 1. The summed E-state index contributed by atoms with van der Waals surface area (Å²) in [7, 11) is 1.85. The van der Waals surface area contributed by atoms with E-state index in [0.717, 1.165) is 45.3 Å². The van der Waals surface area contributed by atoms with Gasteiger partial charge in [-0.1, -0.05) is 18.2 Å². The molecule has 0 fully saturated rings. The van der Waals surface area contributed by atoms with Crippen molar-refractivity contribution in [3.05, 3.63) is 65.6 Å². The number of aromatic nitrogens is 2. The van der Waals surface area contributed by atoms with Gasteiger partial charge in [-0.2, -0.15) is 0 Å². The molecule has 6 nitrogen and oxygen atoms in total. The molecular formula is C22H20N4O2. The van der Waals surface area contributed by atoms with Gasteiger partial charge in [0.2, 0.25) is 0 Å². The number of phenols is 1. The molecular weight excluding hydrogens is 352 g/mol. The van der Waals surface area contributed by atoms with Gasteiger partial charge in [-0.25, -0.2) is 4.98 Å². The summed E-state index contributed by atoms with van der Waals surface area (Å²) in [5.41, 5.74) is 5.05. The third-order valence-corrected chi connectivity index (χ3v) is 5.51. The maximum absolute atomic E-state index is 13.2. The standard InChI is InChI=1S/C22H20N4O2/c1-13-4-3-5-16-19(27)10-18-15(21(13)16)8-9-26(18)22(28)17-12-25-11-14(23-2)6-7-20(25)24-17/h3-7,10-12,23,27H,8-9H2,1-2H3. The van der Waals surface area contributed by atoms with Crippen LogP contribution in [-0.4, -0.2) is 34.0 Å². The van der Waals surface area contributed by atoms with E-state index in [1.807, 2.05) is 54.9 Å². The Labute approximate surface area is 162 Å². The Balaban J connectivity index is 1.60. The van der Waals surface area contributed by atoms with Gasteiger partial charge in [-0.05, 0) is 42.0 Å². The van der Waals surface area contributed by atoms with Gasteiger partial charge in [0.15, 0.2) is 0 Å². The van der Waals surface area contributed by atoms with E-state index in [4.69, 9.17) is 0 Å². The van der Waals surface area contributed by atoms with Gasteiger partial charge < -0.3 is 19.7 Å². The van der Waals surface area contributed by atoms with E-state index in [2.05, 4.69) is 10.3 Å². The van der Waals surface area contributed by atoms with Gasteiger partial charge >= 0.3 is 0 Å². The fourth-order valence-corrected chi connectivity index (χ4v) is 4.13. The molecule has 0 aliphatic carbocycles. The highest BCUT2D eigenvalue weighted by Crippen LogP contribution is 2.41. The van der Waals surface area contributed by atoms with Crippen molar-refractivity contribution in [3.63, 3.8) is 0 Å². The monoisotopic (exact) mass is 372 g/mol. The minimum atomic E-state index is -0.152. The summed E-state index contributed by atoms with van der Waals surface area (Å²) in [5.74, 6) is 0.0478. The highest BCUT2D eigenvalue weighted by atomic mass is 16.3. The number of rotatable bonds is 2. The molecule has 140 valence electrons. The Bertz CT molecular complexity index is 1260. The van der Waals surface area contributed by atoms with Crippen LogP contribution in [0.2, 0.25) is 0 Å². The average Bonchev–Trinajstić information content (AvgIpc) is 3.31. The SMILES string of the molecule is CNc1ccc2nc(C(=O)N3CCc4c3cc(O)c3cccc(C)c43)cn2c1. The van der Waals surface area contributed by atoms with Crippen molar-refractivity contribution < 1.29 is 9.90 Å². The van der Waals surface area contributed by atoms with E-state index in [-0.39, 0.29) is 11.7 Å². The van der Waals surface area contributed by atoms with Crippen LogP contribution in [0, 0.1) is 6.92 Å². The predicted molar refractivity (Wildman–Crippen MR) is 110 cm³/mol. The lowest BCUT2D eigenvalue weighted by atomic mass is 9.97. The third-order valence-electron chi connectivity index (χ3n) is 5.51. The molecule has 2 aromatic carbocycles. The molecule has 0 spiro atoms. The van der Waals surface area contributed by atoms with Crippen LogP contribution >= 0.6 is 0 Å². The number of nitrogens with one attached hydrogen (secondary N) is 1. The molecule has 1 aliphatic heterocycles. The lowest BCUT2D eigenvalue weighted by Crippen LogP contribution is -2.29. The third kappa shape index (κ3) is 2.34. The number of fused-ring (bicyclic) bond motifs is 4. The van der Waals surface area contributed by atoms with Crippen molar-refractivity contribution >= 4 is 33.7 Å². The minimum absolute atomic E-state index is 0.152. The van der Waals surface area contributed by atoms with Gasteiger partial charge in [0.05, 0.1) is 11.4 Å². The second kappa shape index (κ2) is 5.99. The van der Waals surface area contributed by atoms with Crippen molar-refractivity contribution in [2.45, 2.75) is 13.3 Å². The number of carbonyl (C=O) groups is 1. The second-order valence-electron chi connectivity index (χ2n) is 7.16. The van der Waals surface area contributed by atoms with E-state index in [9.17, 15) is 9.90 Å². The van der Waals surface area contributed by atoms with Gasteiger partial charge in [-0.3, -0.25) is 4.79 Å². The van der Waals surface area contributed by atoms with Crippen LogP contribution in [0.15, 0.2) is 48.8 Å². The van der Waals surface area contributed by atoms with E-state index < -0.39 is 0 Å². The molecule has 0 bridgehead atoms. The lowest BCUT2D eigenvalue weighted by molar-refractivity contribution is 0.0985. The number of hydrogen-bond donors (Lipinski definition) is 2. The summed E-state index contributed by atoms with van der Waals surface area (Å²) < 4.78 is 1.85. The summed E-state index contributed by atoms with van der Waals surface area (Å²) in [6, 6.07) is 11.4. The first kappa shape index (κ1) is 16.6. The molecule has 2 N–H and O–H groups in total.